The molecule has 10 heteroatoms. The van der Waals surface area contributed by atoms with Crippen molar-refractivity contribution in [1.29, 1.82) is 0 Å². The van der Waals surface area contributed by atoms with Gasteiger partial charge in [0.25, 0.3) is 0 Å². The van der Waals surface area contributed by atoms with E-state index < -0.39 is 54.4 Å². The lowest BCUT2D eigenvalue weighted by molar-refractivity contribution is -0.137. The van der Waals surface area contributed by atoms with Gasteiger partial charge in [0.05, 0.1) is 18.9 Å². The summed E-state index contributed by atoms with van der Waals surface area (Å²) in [5.41, 5.74) is -0.864. The number of aliphatic hydroxyl groups is 2. The maximum absolute atomic E-state index is 13.9. The monoisotopic (exact) mass is 317 g/mol. The topological polar surface area (TPSA) is 134 Å². The molecule has 1 saturated heterocycles. The van der Waals surface area contributed by atoms with E-state index in [2.05, 4.69) is 10.3 Å². The molecule has 0 aromatic carbocycles. The molecule has 1 aliphatic rings. The number of aromatic nitrogens is 2. The van der Waals surface area contributed by atoms with Crippen molar-refractivity contribution in [2.75, 3.05) is 11.9 Å². The van der Waals surface area contributed by atoms with Crippen LogP contribution in [0.3, 0.4) is 0 Å². The average Bonchev–Trinajstić information content (AvgIpc) is 2.83. The number of aliphatic carboxylic acids is 1. The summed E-state index contributed by atoms with van der Waals surface area (Å²) in [6.45, 7) is 0.843. The highest BCUT2D eigenvalue weighted by atomic mass is 19.1. The van der Waals surface area contributed by atoms with Crippen molar-refractivity contribution >= 4 is 11.8 Å². The lowest BCUT2D eigenvalue weighted by Crippen LogP contribution is -2.32. The molecule has 1 aromatic rings. The Kier molecular flexibility index (Phi) is 4.74. The van der Waals surface area contributed by atoms with Crippen LogP contribution in [0, 0.1) is 5.82 Å². The van der Waals surface area contributed by atoms with Crippen molar-refractivity contribution in [3.05, 3.63) is 22.5 Å². The van der Waals surface area contributed by atoms with Crippen LogP contribution in [-0.4, -0.2) is 55.7 Å². The van der Waals surface area contributed by atoms with E-state index in [-0.39, 0.29) is 6.42 Å². The molecule has 9 nitrogen and oxygen atoms in total. The Morgan fingerprint density at radius 2 is 2.36 bits per heavy atom. The molecule has 0 saturated carbocycles. The summed E-state index contributed by atoms with van der Waals surface area (Å²) >= 11 is 0. The summed E-state index contributed by atoms with van der Waals surface area (Å²) in [6, 6.07) is -1.12. The van der Waals surface area contributed by atoms with Crippen LogP contribution in [0.1, 0.15) is 19.6 Å². The van der Waals surface area contributed by atoms with Crippen LogP contribution in [0.15, 0.2) is 11.0 Å². The summed E-state index contributed by atoms with van der Waals surface area (Å²) in [6.07, 6.45) is -1.96. The van der Waals surface area contributed by atoms with Crippen molar-refractivity contribution in [2.24, 2.45) is 0 Å². The number of nitrogens with zero attached hydrogens (tertiary/aromatic N) is 2. The van der Waals surface area contributed by atoms with Crippen LogP contribution < -0.4 is 11.0 Å². The van der Waals surface area contributed by atoms with Crippen LogP contribution >= 0.6 is 0 Å². The highest BCUT2D eigenvalue weighted by Crippen LogP contribution is 2.27. The van der Waals surface area contributed by atoms with Gasteiger partial charge in [0, 0.05) is 6.42 Å². The first-order valence-electron chi connectivity index (χ1n) is 6.56. The third kappa shape index (κ3) is 3.24. The fourth-order valence-electron chi connectivity index (χ4n) is 2.07. The number of halogens is 1. The standard InChI is InChI=1S/C12H16FN3O6/c1-5(11(19)20)14-10-6(13)3-16(12(21)15-10)9-2-7(18)8(4-17)22-9/h3,5,7-9,17-18H,2,4H2,1H3,(H,19,20)(H,14,15,21). The molecule has 0 bridgehead atoms. The maximum atomic E-state index is 13.9. The number of carboxylic acid groups (broad SMARTS) is 1. The zero-order valence-electron chi connectivity index (χ0n) is 11.6. The number of carbonyl (C=O) groups is 1. The van der Waals surface area contributed by atoms with Gasteiger partial charge in [-0.1, -0.05) is 0 Å². The van der Waals surface area contributed by atoms with Crippen LogP contribution in [0.5, 0.6) is 0 Å². The lowest BCUT2D eigenvalue weighted by atomic mass is 10.2. The third-order valence-electron chi connectivity index (χ3n) is 3.32. The van der Waals surface area contributed by atoms with Gasteiger partial charge in [0.1, 0.15) is 18.4 Å². The van der Waals surface area contributed by atoms with Gasteiger partial charge in [-0.2, -0.15) is 4.98 Å². The third-order valence-corrected chi connectivity index (χ3v) is 3.32. The van der Waals surface area contributed by atoms with E-state index in [0.29, 0.717) is 0 Å². The van der Waals surface area contributed by atoms with E-state index in [9.17, 15) is 19.1 Å². The number of ether oxygens (including phenoxy) is 1. The number of rotatable bonds is 5. The fraction of sp³-hybridized carbons (Fsp3) is 0.583. The van der Waals surface area contributed by atoms with Crippen molar-refractivity contribution in [2.45, 2.75) is 37.8 Å². The summed E-state index contributed by atoms with van der Waals surface area (Å²) in [7, 11) is 0. The lowest BCUT2D eigenvalue weighted by Gasteiger charge is -2.16. The van der Waals surface area contributed by atoms with Crippen LogP contribution in [0.4, 0.5) is 10.2 Å². The largest absolute Gasteiger partial charge is 0.480 e. The minimum atomic E-state index is -1.22. The molecule has 1 aliphatic heterocycles. The van der Waals surface area contributed by atoms with E-state index in [1.165, 1.54) is 6.92 Å². The predicted octanol–water partition coefficient (Wildman–Crippen LogP) is -1.09. The van der Waals surface area contributed by atoms with E-state index in [4.69, 9.17) is 14.9 Å². The molecule has 0 spiro atoms. The van der Waals surface area contributed by atoms with Crippen molar-refractivity contribution in [3.8, 4) is 0 Å². The maximum Gasteiger partial charge on any atom is 0.351 e. The van der Waals surface area contributed by atoms with Crippen LogP contribution in [0.25, 0.3) is 0 Å². The zero-order chi connectivity index (χ0) is 16.4. The van der Waals surface area contributed by atoms with E-state index in [0.717, 1.165) is 10.8 Å². The Labute approximate surface area is 124 Å². The number of hydrogen-bond acceptors (Lipinski definition) is 7. The number of aliphatic hydroxyl groups excluding tert-OH is 2. The Morgan fingerprint density at radius 3 is 2.91 bits per heavy atom. The van der Waals surface area contributed by atoms with Crippen LogP contribution in [-0.2, 0) is 9.53 Å². The second-order valence-electron chi connectivity index (χ2n) is 4.95. The molecule has 122 valence electrons. The molecule has 2 rings (SSSR count). The normalized spacial score (nSPS) is 25.9. The van der Waals surface area contributed by atoms with Gasteiger partial charge in [0.2, 0.25) is 0 Å². The molecule has 2 heterocycles. The molecular weight excluding hydrogens is 301 g/mol. The molecule has 0 amide bonds. The molecule has 1 fully saturated rings. The molecule has 22 heavy (non-hydrogen) atoms. The molecule has 4 unspecified atom stereocenters. The Hall–Kier alpha value is -2.04. The van der Waals surface area contributed by atoms with Gasteiger partial charge < -0.3 is 25.4 Å². The fourth-order valence-corrected chi connectivity index (χ4v) is 2.07. The predicted molar refractivity (Wildman–Crippen MR) is 70.8 cm³/mol. The number of nitrogens with one attached hydrogen (secondary N) is 1. The van der Waals surface area contributed by atoms with Gasteiger partial charge >= 0.3 is 11.7 Å². The minimum Gasteiger partial charge on any atom is -0.480 e. The smallest absolute Gasteiger partial charge is 0.351 e. The van der Waals surface area contributed by atoms with Gasteiger partial charge in [-0.25, -0.2) is 9.18 Å². The quantitative estimate of drug-likeness (QED) is 0.538. The van der Waals surface area contributed by atoms with Gasteiger partial charge in [0.15, 0.2) is 11.6 Å². The van der Waals surface area contributed by atoms with E-state index >= 15 is 0 Å². The second kappa shape index (κ2) is 6.38. The number of hydrogen-bond donors (Lipinski definition) is 4. The Bertz CT molecular complexity index is 621. The molecule has 4 N–H and O–H groups in total. The van der Waals surface area contributed by atoms with Gasteiger partial charge in [-0.15, -0.1) is 0 Å². The van der Waals surface area contributed by atoms with E-state index in [1.807, 2.05) is 0 Å². The molecule has 4 atom stereocenters. The summed E-state index contributed by atoms with van der Waals surface area (Å²) in [4.78, 5) is 26.1. The zero-order valence-corrected chi connectivity index (χ0v) is 11.6. The Morgan fingerprint density at radius 1 is 1.68 bits per heavy atom. The van der Waals surface area contributed by atoms with Crippen molar-refractivity contribution in [3.63, 3.8) is 0 Å². The SMILES string of the molecule is CC(Nc1nc(=O)n(C2CC(O)C(CO)O2)cc1F)C(=O)O. The highest BCUT2D eigenvalue weighted by molar-refractivity contribution is 5.76. The van der Waals surface area contributed by atoms with E-state index in [1.54, 1.807) is 0 Å². The van der Waals surface area contributed by atoms with Crippen molar-refractivity contribution in [1.82, 2.24) is 9.55 Å². The number of anilines is 1. The van der Waals surface area contributed by atoms with Crippen molar-refractivity contribution < 1.29 is 29.2 Å². The first-order chi connectivity index (χ1) is 10.3. The van der Waals surface area contributed by atoms with Gasteiger partial charge in [-0.05, 0) is 6.92 Å². The van der Waals surface area contributed by atoms with Crippen LogP contribution in [0.2, 0.25) is 0 Å². The Balaban J connectivity index is 2.24. The first-order valence-corrected chi connectivity index (χ1v) is 6.56. The molecule has 1 aromatic heterocycles. The first kappa shape index (κ1) is 16.3. The summed E-state index contributed by atoms with van der Waals surface area (Å²) < 4.78 is 20.0. The molecular formula is C12H16FN3O6. The minimum absolute atomic E-state index is 0.00452. The average molecular weight is 317 g/mol. The number of carboxylic acids is 1. The highest BCUT2D eigenvalue weighted by Gasteiger charge is 2.35. The molecule has 0 radical (unpaired) electrons. The second-order valence-corrected chi connectivity index (χ2v) is 4.95. The molecule has 0 aliphatic carbocycles. The summed E-state index contributed by atoms with van der Waals surface area (Å²) in [5.74, 6) is -2.63. The summed E-state index contributed by atoms with van der Waals surface area (Å²) in [5, 5.41) is 29.6. The van der Waals surface area contributed by atoms with Gasteiger partial charge in [-0.3, -0.25) is 9.36 Å².